The zero-order chi connectivity index (χ0) is 17.7. The molecule has 0 bridgehead atoms. The molecule has 0 aromatic heterocycles. The number of nitrogens with one attached hydrogen (secondary N) is 1. The lowest BCUT2D eigenvalue weighted by molar-refractivity contribution is -0.134. The van der Waals surface area contributed by atoms with Crippen molar-refractivity contribution in [2.75, 3.05) is 26.2 Å². The molecule has 2 heterocycles. The van der Waals surface area contributed by atoms with E-state index in [9.17, 15) is 14.4 Å². The van der Waals surface area contributed by atoms with Crippen LogP contribution >= 0.6 is 0 Å². The highest BCUT2D eigenvalue weighted by Gasteiger charge is 2.35. The molecule has 0 spiro atoms. The Hall–Kier alpha value is -1.79. The van der Waals surface area contributed by atoms with Gasteiger partial charge in [-0.25, -0.2) is 4.79 Å². The van der Waals surface area contributed by atoms with E-state index in [1.807, 2.05) is 0 Å². The summed E-state index contributed by atoms with van der Waals surface area (Å²) in [6.45, 7) is 7.45. The molecule has 2 aliphatic heterocycles. The second-order valence-corrected chi connectivity index (χ2v) is 7.49. The van der Waals surface area contributed by atoms with Crippen molar-refractivity contribution in [3.63, 3.8) is 0 Å². The van der Waals surface area contributed by atoms with E-state index in [0.717, 1.165) is 38.8 Å². The normalized spacial score (nSPS) is 21.5. The van der Waals surface area contributed by atoms with Gasteiger partial charge in [0.2, 0.25) is 11.8 Å². The number of hydrogen-bond acceptors (Lipinski definition) is 4. The standard InChI is InChI=1S/C17H29N3O4/c1-17(2,3)24-16(23)20-11-5-4-8-13(20)15(22)18-12-14(21)19-9-6-7-10-19/h13H,4-12H2,1-3H3,(H,18,22)/t13-/m0/s1. The number of carbonyl (C=O) groups excluding carboxylic acids is 3. The maximum absolute atomic E-state index is 12.5. The lowest BCUT2D eigenvalue weighted by Crippen LogP contribution is -2.54. The Morgan fingerprint density at radius 1 is 1.04 bits per heavy atom. The summed E-state index contributed by atoms with van der Waals surface area (Å²) in [5.74, 6) is -0.325. The van der Waals surface area contributed by atoms with Crippen molar-refractivity contribution < 1.29 is 19.1 Å². The van der Waals surface area contributed by atoms with Crippen LogP contribution in [0.2, 0.25) is 0 Å². The van der Waals surface area contributed by atoms with Gasteiger partial charge in [0.25, 0.3) is 0 Å². The molecule has 2 fully saturated rings. The van der Waals surface area contributed by atoms with Gasteiger partial charge >= 0.3 is 6.09 Å². The fraction of sp³-hybridized carbons (Fsp3) is 0.824. The average molecular weight is 339 g/mol. The van der Waals surface area contributed by atoms with Crippen LogP contribution in [-0.2, 0) is 14.3 Å². The maximum atomic E-state index is 12.5. The number of ether oxygens (including phenoxy) is 1. The number of nitrogens with zero attached hydrogens (tertiary/aromatic N) is 2. The topological polar surface area (TPSA) is 79.0 Å². The Morgan fingerprint density at radius 3 is 2.29 bits per heavy atom. The second-order valence-electron chi connectivity index (χ2n) is 7.49. The summed E-state index contributed by atoms with van der Waals surface area (Å²) in [4.78, 5) is 40.1. The molecule has 136 valence electrons. The molecular weight excluding hydrogens is 310 g/mol. The minimum Gasteiger partial charge on any atom is -0.444 e. The summed E-state index contributed by atoms with van der Waals surface area (Å²) in [5.41, 5.74) is -0.596. The zero-order valence-corrected chi connectivity index (χ0v) is 15.0. The van der Waals surface area contributed by atoms with Crippen molar-refractivity contribution in [2.24, 2.45) is 0 Å². The molecule has 0 aromatic carbocycles. The van der Waals surface area contributed by atoms with Crippen LogP contribution in [0, 0.1) is 0 Å². The highest BCUT2D eigenvalue weighted by Crippen LogP contribution is 2.20. The van der Waals surface area contributed by atoms with E-state index < -0.39 is 17.7 Å². The van der Waals surface area contributed by atoms with Crippen LogP contribution < -0.4 is 5.32 Å². The lowest BCUT2D eigenvalue weighted by Gasteiger charge is -2.35. The van der Waals surface area contributed by atoms with Gasteiger partial charge < -0.3 is 15.0 Å². The number of rotatable bonds is 3. The van der Waals surface area contributed by atoms with Crippen molar-refractivity contribution >= 4 is 17.9 Å². The zero-order valence-electron chi connectivity index (χ0n) is 15.0. The summed E-state index contributed by atoms with van der Waals surface area (Å²) in [5, 5.41) is 2.70. The summed E-state index contributed by atoms with van der Waals surface area (Å²) in [6, 6.07) is -0.556. The number of amides is 3. The first-order chi connectivity index (χ1) is 11.3. The third-order valence-corrected chi connectivity index (χ3v) is 4.31. The number of piperidine rings is 1. The summed E-state index contributed by atoms with van der Waals surface area (Å²) < 4.78 is 5.40. The average Bonchev–Trinajstić information content (AvgIpc) is 3.05. The summed E-state index contributed by atoms with van der Waals surface area (Å²) in [7, 11) is 0. The van der Waals surface area contributed by atoms with Crippen LogP contribution in [0.1, 0.15) is 52.9 Å². The molecule has 2 saturated heterocycles. The fourth-order valence-electron chi connectivity index (χ4n) is 3.10. The number of hydrogen-bond donors (Lipinski definition) is 1. The van der Waals surface area contributed by atoms with E-state index in [2.05, 4.69) is 5.32 Å². The van der Waals surface area contributed by atoms with Gasteiger partial charge in [-0.05, 0) is 52.9 Å². The van der Waals surface area contributed by atoms with Gasteiger partial charge in [-0.1, -0.05) is 0 Å². The molecule has 7 nitrogen and oxygen atoms in total. The molecule has 24 heavy (non-hydrogen) atoms. The number of likely N-dealkylation sites (tertiary alicyclic amines) is 2. The lowest BCUT2D eigenvalue weighted by atomic mass is 10.0. The minimum absolute atomic E-state index is 0.00249. The third-order valence-electron chi connectivity index (χ3n) is 4.31. The largest absolute Gasteiger partial charge is 0.444 e. The van der Waals surface area contributed by atoms with Gasteiger partial charge in [-0.2, -0.15) is 0 Å². The van der Waals surface area contributed by atoms with E-state index >= 15 is 0 Å². The SMILES string of the molecule is CC(C)(C)OC(=O)N1CCCC[C@H]1C(=O)NCC(=O)N1CCCC1. The van der Waals surface area contributed by atoms with Crippen molar-refractivity contribution in [1.82, 2.24) is 15.1 Å². The van der Waals surface area contributed by atoms with Gasteiger partial charge in [-0.3, -0.25) is 14.5 Å². The van der Waals surface area contributed by atoms with Gasteiger partial charge in [0.15, 0.2) is 0 Å². The van der Waals surface area contributed by atoms with E-state index in [0.29, 0.717) is 13.0 Å². The predicted octanol–water partition coefficient (Wildman–Crippen LogP) is 1.51. The highest BCUT2D eigenvalue weighted by molar-refractivity contribution is 5.89. The van der Waals surface area contributed by atoms with Crippen LogP contribution in [0.25, 0.3) is 0 Å². The molecule has 3 amide bonds. The first kappa shape index (κ1) is 18.5. The van der Waals surface area contributed by atoms with Crippen LogP contribution in [-0.4, -0.2) is 65.5 Å². The van der Waals surface area contributed by atoms with Gasteiger partial charge in [0.1, 0.15) is 11.6 Å². The molecule has 1 N–H and O–H groups in total. The quantitative estimate of drug-likeness (QED) is 0.845. The first-order valence-corrected chi connectivity index (χ1v) is 8.83. The van der Waals surface area contributed by atoms with Crippen molar-refractivity contribution in [3.8, 4) is 0 Å². The Morgan fingerprint density at radius 2 is 1.67 bits per heavy atom. The van der Waals surface area contributed by atoms with Crippen LogP contribution in [0.5, 0.6) is 0 Å². The molecule has 0 radical (unpaired) electrons. The molecule has 0 aromatic rings. The molecular formula is C17H29N3O4. The van der Waals surface area contributed by atoms with Crippen LogP contribution in [0.4, 0.5) is 4.79 Å². The highest BCUT2D eigenvalue weighted by atomic mass is 16.6. The van der Waals surface area contributed by atoms with Gasteiger partial charge in [-0.15, -0.1) is 0 Å². The van der Waals surface area contributed by atoms with E-state index in [1.54, 1.807) is 25.7 Å². The van der Waals surface area contributed by atoms with Crippen LogP contribution in [0.3, 0.4) is 0 Å². The van der Waals surface area contributed by atoms with Gasteiger partial charge in [0.05, 0.1) is 6.54 Å². The molecule has 1 atom stereocenters. The Labute approximate surface area is 143 Å². The monoisotopic (exact) mass is 339 g/mol. The van der Waals surface area contributed by atoms with Crippen molar-refractivity contribution in [3.05, 3.63) is 0 Å². The Bertz CT molecular complexity index is 481. The summed E-state index contributed by atoms with van der Waals surface area (Å²) in [6.07, 6.45) is 3.92. The maximum Gasteiger partial charge on any atom is 0.410 e. The molecule has 0 saturated carbocycles. The minimum atomic E-state index is -0.596. The smallest absolute Gasteiger partial charge is 0.410 e. The van der Waals surface area contributed by atoms with E-state index in [-0.39, 0.29) is 18.4 Å². The summed E-state index contributed by atoms with van der Waals surface area (Å²) >= 11 is 0. The predicted molar refractivity (Wildman–Crippen MR) is 89.4 cm³/mol. The number of carbonyl (C=O) groups is 3. The van der Waals surface area contributed by atoms with Crippen molar-refractivity contribution in [2.45, 2.75) is 64.5 Å². The molecule has 2 rings (SSSR count). The van der Waals surface area contributed by atoms with Crippen LogP contribution in [0.15, 0.2) is 0 Å². The second kappa shape index (κ2) is 7.85. The molecule has 0 unspecified atom stereocenters. The molecule has 0 aliphatic carbocycles. The van der Waals surface area contributed by atoms with Gasteiger partial charge in [0, 0.05) is 19.6 Å². The first-order valence-electron chi connectivity index (χ1n) is 8.83. The van der Waals surface area contributed by atoms with Crippen molar-refractivity contribution in [1.29, 1.82) is 0 Å². The molecule has 7 heteroatoms. The fourth-order valence-corrected chi connectivity index (χ4v) is 3.10. The van der Waals surface area contributed by atoms with E-state index in [4.69, 9.17) is 4.74 Å². The molecule has 2 aliphatic rings. The third kappa shape index (κ3) is 5.11. The Balaban J connectivity index is 1.89. The van der Waals surface area contributed by atoms with E-state index in [1.165, 1.54) is 4.90 Å². The Kier molecular flexibility index (Phi) is 6.07.